The zero-order valence-electron chi connectivity index (χ0n) is 8.14. The average molecular weight is 206 g/mol. The standard InChI is InChI=1S/C11H10O4/c1-7-8-4-2-3-5-9(8)15-11(7,6-12)10(13)14/h2-7H,1H3,(H,13,14). The van der Waals surface area contributed by atoms with Gasteiger partial charge >= 0.3 is 5.97 Å². The first-order valence-corrected chi connectivity index (χ1v) is 4.59. The van der Waals surface area contributed by atoms with Gasteiger partial charge in [-0.05, 0) is 6.07 Å². The summed E-state index contributed by atoms with van der Waals surface area (Å²) in [4.78, 5) is 22.0. The van der Waals surface area contributed by atoms with E-state index in [1.165, 1.54) is 0 Å². The number of hydrogen-bond acceptors (Lipinski definition) is 3. The first-order chi connectivity index (χ1) is 7.12. The van der Waals surface area contributed by atoms with Crippen molar-refractivity contribution in [3.05, 3.63) is 29.8 Å². The maximum absolute atomic E-state index is 11.1. The van der Waals surface area contributed by atoms with Gasteiger partial charge in [-0.15, -0.1) is 0 Å². The van der Waals surface area contributed by atoms with Crippen LogP contribution < -0.4 is 4.74 Å². The van der Waals surface area contributed by atoms with Crippen LogP contribution in [0.4, 0.5) is 0 Å². The molecule has 0 radical (unpaired) electrons. The van der Waals surface area contributed by atoms with Crippen molar-refractivity contribution in [3.8, 4) is 5.75 Å². The topological polar surface area (TPSA) is 63.6 Å². The van der Waals surface area contributed by atoms with E-state index in [4.69, 9.17) is 9.84 Å². The van der Waals surface area contributed by atoms with E-state index in [1.807, 2.05) is 0 Å². The van der Waals surface area contributed by atoms with Crippen molar-refractivity contribution in [2.45, 2.75) is 18.4 Å². The van der Waals surface area contributed by atoms with E-state index < -0.39 is 17.5 Å². The summed E-state index contributed by atoms with van der Waals surface area (Å²) in [5, 5.41) is 9.05. The van der Waals surface area contributed by atoms with Gasteiger partial charge in [0.05, 0.1) is 0 Å². The second-order valence-corrected chi connectivity index (χ2v) is 3.58. The van der Waals surface area contributed by atoms with E-state index in [1.54, 1.807) is 31.2 Å². The molecule has 0 aromatic heterocycles. The third kappa shape index (κ3) is 1.14. The Hall–Kier alpha value is -1.84. The second-order valence-electron chi connectivity index (χ2n) is 3.58. The maximum atomic E-state index is 11.1. The molecule has 0 bridgehead atoms. The molecule has 1 aromatic rings. The second kappa shape index (κ2) is 3.08. The molecule has 2 unspecified atom stereocenters. The highest BCUT2D eigenvalue weighted by atomic mass is 16.5. The van der Waals surface area contributed by atoms with Crippen molar-refractivity contribution in [1.82, 2.24) is 0 Å². The number of carbonyl (C=O) groups is 2. The van der Waals surface area contributed by atoms with Crippen LogP contribution in [0, 0.1) is 0 Å². The van der Waals surface area contributed by atoms with Gasteiger partial charge in [-0.2, -0.15) is 0 Å². The van der Waals surface area contributed by atoms with E-state index in [-0.39, 0.29) is 0 Å². The number of hydrogen-bond donors (Lipinski definition) is 1. The zero-order valence-corrected chi connectivity index (χ0v) is 8.14. The summed E-state index contributed by atoms with van der Waals surface area (Å²) in [6.45, 7) is 1.67. The van der Waals surface area contributed by atoms with Gasteiger partial charge in [-0.1, -0.05) is 25.1 Å². The number of carboxylic acid groups (broad SMARTS) is 1. The Morgan fingerprint density at radius 2 is 2.20 bits per heavy atom. The van der Waals surface area contributed by atoms with Gasteiger partial charge < -0.3 is 9.84 Å². The monoisotopic (exact) mass is 206 g/mol. The molecular formula is C11H10O4. The Kier molecular flexibility index (Phi) is 2.00. The predicted molar refractivity (Wildman–Crippen MR) is 51.9 cm³/mol. The Balaban J connectivity index is 2.53. The van der Waals surface area contributed by atoms with E-state index in [2.05, 4.69) is 0 Å². The van der Waals surface area contributed by atoms with Crippen molar-refractivity contribution in [2.75, 3.05) is 0 Å². The molecule has 1 heterocycles. The number of rotatable bonds is 2. The smallest absolute Gasteiger partial charge is 0.356 e. The van der Waals surface area contributed by atoms with Crippen LogP contribution >= 0.6 is 0 Å². The molecule has 0 saturated heterocycles. The Morgan fingerprint density at radius 3 is 2.73 bits per heavy atom. The van der Waals surface area contributed by atoms with Crippen molar-refractivity contribution < 1.29 is 19.4 Å². The Morgan fingerprint density at radius 1 is 1.53 bits per heavy atom. The van der Waals surface area contributed by atoms with E-state index in [9.17, 15) is 9.59 Å². The first-order valence-electron chi connectivity index (χ1n) is 4.59. The lowest BCUT2D eigenvalue weighted by Gasteiger charge is -2.21. The quantitative estimate of drug-likeness (QED) is 0.583. The summed E-state index contributed by atoms with van der Waals surface area (Å²) in [6.07, 6.45) is 0.361. The molecular weight excluding hydrogens is 196 g/mol. The molecule has 15 heavy (non-hydrogen) atoms. The van der Waals surface area contributed by atoms with Gasteiger partial charge in [0, 0.05) is 11.5 Å². The number of ether oxygens (including phenoxy) is 1. The lowest BCUT2D eigenvalue weighted by Crippen LogP contribution is -2.47. The highest BCUT2D eigenvalue weighted by Crippen LogP contribution is 2.43. The van der Waals surface area contributed by atoms with Crippen molar-refractivity contribution in [2.24, 2.45) is 0 Å². The molecule has 1 aromatic carbocycles. The fourth-order valence-electron chi connectivity index (χ4n) is 1.84. The molecule has 0 fully saturated rings. The molecule has 2 rings (SSSR count). The first kappa shape index (κ1) is 9.71. The molecule has 1 N–H and O–H groups in total. The number of aliphatic carboxylic acids is 1. The summed E-state index contributed by atoms with van der Waals surface area (Å²) in [6, 6.07) is 6.98. The highest BCUT2D eigenvalue weighted by molar-refractivity contribution is 5.98. The fraction of sp³-hybridized carbons (Fsp3) is 0.273. The lowest BCUT2D eigenvalue weighted by molar-refractivity contribution is -0.157. The third-order valence-corrected chi connectivity index (χ3v) is 2.82. The molecule has 2 atom stereocenters. The molecule has 4 heteroatoms. The molecule has 0 saturated carbocycles. The molecule has 0 amide bonds. The number of fused-ring (bicyclic) bond motifs is 1. The molecule has 1 aliphatic rings. The minimum absolute atomic E-state index is 0.361. The summed E-state index contributed by atoms with van der Waals surface area (Å²) in [7, 11) is 0. The minimum Gasteiger partial charge on any atom is -0.478 e. The van der Waals surface area contributed by atoms with Gasteiger partial charge in [0.2, 0.25) is 0 Å². The van der Waals surface area contributed by atoms with Gasteiger partial charge in [0.25, 0.3) is 5.60 Å². The van der Waals surface area contributed by atoms with Crippen LogP contribution in [-0.2, 0) is 9.59 Å². The molecule has 0 aliphatic carbocycles. The Labute approximate surface area is 86.5 Å². The lowest BCUT2D eigenvalue weighted by atomic mass is 9.87. The number of carboxylic acids is 1. The minimum atomic E-state index is -1.76. The average Bonchev–Trinajstić information content (AvgIpc) is 2.53. The van der Waals surface area contributed by atoms with Crippen LogP contribution in [0.25, 0.3) is 0 Å². The van der Waals surface area contributed by atoms with Crippen LogP contribution in [0.15, 0.2) is 24.3 Å². The summed E-state index contributed by atoms with van der Waals surface area (Å²) >= 11 is 0. The SMILES string of the molecule is CC1c2ccccc2OC1(C=O)C(=O)O. The predicted octanol–water partition coefficient (Wildman–Crippen LogP) is 1.20. The molecule has 0 spiro atoms. The van der Waals surface area contributed by atoms with Crippen LogP contribution in [0.3, 0.4) is 0 Å². The Bertz CT molecular complexity index is 426. The summed E-state index contributed by atoms with van der Waals surface area (Å²) in [5.74, 6) is -1.25. The highest BCUT2D eigenvalue weighted by Gasteiger charge is 2.52. The van der Waals surface area contributed by atoms with E-state index in [0.717, 1.165) is 5.56 Å². The van der Waals surface area contributed by atoms with Crippen molar-refractivity contribution in [3.63, 3.8) is 0 Å². The normalized spacial score (nSPS) is 27.9. The summed E-state index contributed by atoms with van der Waals surface area (Å²) in [5.41, 5.74) is -1.00. The van der Waals surface area contributed by atoms with Gasteiger partial charge in [0.15, 0.2) is 6.29 Å². The number of carbonyl (C=O) groups excluding carboxylic acids is 1. The van der Waals surface area contributed by atoms with Crippen LogP contribution in [-0.4, -0.2) is 23.0 Å². The zero-order chi connectivity index (χ0) is 11.1. The van der Waals surface area contributed by atoms with E-state index >= 15 is 0 Å². The largest absolute Gasteiger partial charge is 0.478 e. The maximum Gasteiger partial charge on any atom is 0.356 e. The van der Waals surface area contributed by atoms with Gasteiger partial charge in [-0.3, -0.25) is 4.79 Å². The third-order valence-electron chi connectivity index (χ3n) is 2.82. The molecule has 4 nitrogen and oxygen atoms in total. The van der Waals surface area contributed by atoms with Gasteiger partial charge in [-0.25, -0.2) is 4.79 Å². The number of para-hydroxylation sites is 1. The van der Waals surface area contributed by atoms with Crippen molar-refractivity contribution >= 4 is 12.3 Å². The van der Waals surface area contributed by atoms with Crippen LogP contribution in [0.5, 0.6) is 5.75 Å². The molecule has 1 aliphatic heterocycles. The van der Waals surface area contributed by atoms with Crippen molar-refractivity contribution in [1.29, 1.82) is 0 Å². The van der Waals surface area contributed by atoms with Gasteiger partial charge in [0.1, 0.15) is 5.75 Å². The van der Waals surface area contributed by atoms with E-state index in [0.29, 0.717) is 12.0 Å². The fourth-order valence-corrected chi connectivity index (χ4v) is 1.84. The molecule has 78 valence electrons. The van der Waals surface area contributed by atoms with Crippen LogP contribution in [0.1, 0.15) is 18.4 Å². The summed E-state index contributed by atoms with van der Waals surface area (Å²) < 4.78 is 5.25. The number of aldehydes is 1. The van der Waals surface area contributed by atoms with Crippen LogP contribution in [0.2, 0.25) is 0 Å². The number of benzene rings is 1.